The monoisotopic (exact) mass is 163 g/mol. The second-order valence-corrected chi connectivity index (χ2v) is 2.57. The minimum atomic E-state index is -0.451. The number of benzene rings is 1. The molecule has 4 nitrogen and oxygen atoms in total. The van der Waals surface area contributed by atoms with Gasteiger partial charge in [-0.2, -0.15) is 0 Å². The Kier molecular flexibility index (Phi) is 1.40. The zero-order valence-corrected chi connectivity index (χ0v) is 6.26. The number of nitrogens with one attached hydrogen (secondary N) is 2. The molecule has 0 atom stereocenters. The number of hydrogen-bond acceptors (Lipinski definition) is 2. The number of cyclic esters (lactones) is 1. The molecule has 0 saturated heterocycles. The molecule has 1 aliphatic rings. The summed E-state index contributed by atoms with van der Waals surface area (Å²) in [5, 5.41) is 2.52. The molecule has 1 aliphatic heterocycles. The van der Waals surface area contributed by atoms with E-state index in [0.717, 1.165) is 5.56 Å². The molecule has 0 saturated carbocycles. The minimum Gasteiger partial charge on any atom is -0.444 e. The van der Waals surface area contributed by atoms with E-state index < -0.39 is 6.09 Å². The maximum Gasteiger partial charge on any atom is 0.411 e. The van der Waals surface area contributed by atoms with Crippen LogP contribution in [-0.2, 0) is 11.3 Å². The van der Waals surface area contributed by atoms with Crippen LogP contribution in [0.4, 0.5) is 16.2 Å². The van der Waals surface area contributed by atoms with E-state index in [9.17, 15) is 4.79 Å². The van der Waals surface area contributed by atoms with Crippen molar-refractivity contribution in [3.8, 4) is 0 Å². The van der Waals surface area contributed by atoms with Gasteiger partial charge >= 0.3 is 6.09 Å². The molecule has 61 valence electrons. The number of fused-ring (bicyclic) bond motifs is 1. The Morgan fingerprint density at radius 2 is 2.33 bits per heavy atom. The Morgan fingerprint density at radius 1 is 1.50 bits per heavy atom. The Morgan fingerprint density at radius 3 is 3.17 bits per heavy atom. The van der Waals surface area contributed by atoms with Gasteiger partial charge in [-0.3, -0.25) is 5.32 Å². The smallest absolute Gasteiger partial charge is 0.411 e. The molecule has 1 aromatic rings. The molecule has 0 spiro atoms. The summed E-state index contributed by atoms with van der Waals surface area (Å²) in [4.78, 5) is 10.7. The Bertz CT molecular complexity index is 336. The predicted molar refractivity (Wildman–Crippen MR) is 43.0 cm³/mol. The van der Waals surface area contributed by atoms with Crippen LogP contribution in [0.3, 0.4) is 0 Å². The van der Waals surface area contributed by atoms with Crippen molar-refractivity contribution in [1.82, 2.24) is 5.73 Å². The van der Waals surface area contributed by atoms with Gasteiger partial charge in [0, 0.05) is 5.56 Å². The standard InChI is InChI=1S/C8H7N2O2/c9-6-2-1-5-4-12-8(11)10-7(5)3-6/h1-3,9H,4H2,(H,10,11). The van der Waals surface area contributed by atoms with Crippen LogP contribution in [-0.4, -0.2) is 6.09 Å². The summed E-state index contributed by atoms with van der Waals surface area (Å²) in [5.41, 5.74) is 9.28. The second-order valence-electron chi connectivity index (χ2n) is 2.57. The normalized spacial score (nSPS) is 14.5. The van der Waals surface area contributed by atoms with Gasteiger partial charge in [0.1, 0.15) is 6.61 Å². The average Bonchev–Trinajstić information content (AvgIpc) is 2.03. The SMILES string of the molecule is [NH]c1ccc2c(c1)NC(=O)OC2. The van der Waals surface area contributed by atoms with Gasteiger partial charge < -0.3 is 10.5 Å². The number of ether oxygens (including phenoxy) is 1. The van der Waals surface area contributed by atoms with Gasteiger partial charge in [0.2, 0.25) is 0 Å². The summed E-state index contributed by atoms with van der Waals surface area (Å²) in [6.07, 6.45) is -0.451. The van der Waals surface area contributed by atoms with E-state index in [1.165, 1.54) is 0 Å². The number of anilines is 1. The lowest BCUT2D eigenvalue weighted by Gasteiger charge is -2.16. The minimum absolute atomic E-state index is 0.293. The fourth-order valence-corrected chi connectivity index (χ4v) is 1.11. The fourth-order valence-electron chi connectivity index (χ4n) is 1.11. The number of hydrogen-bond donors (Lipinski definition) is 1. The average molecular weight is 163 g/mol. The zero-order chi connectivity index (χ0) is 8.55. The van der Waals surface area contributed by atoms with Crippen LogP contribution >= 0.6 is 0 Å². The lowest BCUT2D eigenvalue weighted by Crippen LogP contribution is -2.19. The fraction of sp³-hybridized carbons (Fsp3) is 0.125. The van der Waals surface area contributed by atoms with E-state index in [2.05, 4.69) is 5.32 Å². The molecule has 1 radical (unpaired) electrons. The van der Waals surface area contributed by atoms with Crippen molar-refractivity contribution >= 4 is 17.5 Å². The summed E-state index contributed by atoms with van der Waals surface area (Å²) >= 11 is 0. The van der Waals surface area contributed by atoms with Crippen LogP contribution in [0, 0.1) is 0 Å². The van der Waals surface area contributed by atoms with Crippen molar-refractivity contribution in [2.75, 3.05) is 5.32 Å². The molecule has 0 unspecified atom stereocenters. The maximum absolute atomic E-state index is 10.7. The van der Waals surface area contributed by atoms with Crippen LogP contribution in [0.1, 0.15) is 5.56 Å². The largest absolute Gasteiger partial charge is 0.444 e. The van der Waals surface area contributed by atoms with Crippen molar-refractivity contribution in [2.24, 2.45) is 0 Å². The first-order valence-corrected chi connectivity index (χ1v) is 3.54. The number of amides is 1. The highest BCUT2D eigenvalue weighted by Gasteiger charge is 2.14. The van der Waals surface area contributed by atoms with Gasteiger partial charge in [0.25, 0.3) is 0 Å². The zero-order valence-electron chi connectivity index (χ0n) is 6.26. The summed E-state index contributed by atoms with van der Waals surface area (Å²) in [6.45, 7) is 0.293. The molecule has 1 amide bonds. The Balaban J connectivity index is 2.44. The Hall–Kier alpha value is -1.71. The van der Waals surface area contributed by atoms with Gasteiger partial charge in [-0.15, -0.1) is 0 Å². The van der Waals surface area contributed by atoms with Crippen LogP contribution in [0.25, 0.3) is 0 Å². The van der Waals surface area contributed by atoms with Gasteiger partial charge in [-0.05, 0) is 12.1 Å². The quantitative estimate of drug-likeness (QED) is 0.632. The highest BCUT2D eigenvalue weighted by Crippen LogP contribution is 2.23. The highest BCUT2D eigenvalue weighted by molar-refractivity contribution is 5.88. The van der Waals surface area contributed by atoms with E-state index in [-0.39, 0.29) is 0 Å². The molecule has 4 heteroatoms. The summed E-state index contributed by atoms with van der Waals surface area (Å²) in [6, 6.07) is 5.05. The van der Waals surface area contributed by atoms with Gasteiger partial charge in [0.05, 0.1) is 11.4 Å². The van der Waals surface area contributed by atoms with E-state index >= 15 is 0 Å². The van der Waals surface area contributed by atoms with Crippen molar-refractivity contribution in [3.63, 3.8) is 0 Å². The Labute approximate surface area is 69.3 Å². The number of carbonyl (C=O) groups excluding carboxylic acids is 1. The molecule has 2 rings (SSSR count). The lowest BCUT2D eigenvalue weighted by molar-refractivity contribution is 0.151. The van der Waals surface area contributed by atoms with Crippen LogP contribution < -0.4 is 11.1 Å². The molecule has 12 heavy (non-hydrogen) atoms. The second kappa shape index (κ2) is 2.41. The first-order valence-electron chi connectivity index (χ1n) is 3.54. The maximum atomic E-state index is 10.7. The number of rotatable bonds is 0. The molecule has 2 N–H and O–H groups in total. The predicted octanol–water partition coefficient (Wildman–Crippen LogP) is 1.66. The molecule has 0 bridgehead atoms. The van der Waals surface area contributed by atoms with Gasteiger partial charge in [-0.25, -0.2) is 4.79 Å². The molecule has 0 fully saturated rings. The summed E-state index contributed by atoms with van der Waals surface area (Å²) < 4.78 is 4.73. The third-order valence-electron chi connectivity index (χ3n) is 1.71. The molecule has 0 aromatic heterocycles. The molecule has 1 heterocycles. The summed E-state index contributed by atoms with van der Waals surface area (Å²) in [5.74, 6) is 0. The van der Waals surface area contributed by atoms with Crippen LogP contribution in [0.2, 0.25) is 0 Å². The topological polar surface area (TPSA) is 62.1 Å². The van der Waals surface area contributed by atoms with Crippen molar-refractivity contribution in [1.29, 1.82) is 0 Å². The molecular formula is C8H7N2O2. The first-order chi connectivity index (χ1) is 5.75. The molecule has 1 aromatic carbocycles. The third kappa shape index (κ3) is 1.07. The highest BCUT2D eigenvalue weighted by atomic mass is 16.5. The van der Waals surface area contributed by atoms with Crippen LogP contribution in [0.15, 0.2) is 18.2 Å². The van der Waals surface area contributed by atoms with E-state index in [4.69, 9.17) is 10.5 Å². The van der Waals surface area contributed by atoms with Crippen molar-refractivity contribution < 1.29 is 9.53 Å². The number of carbonyl (C=O) groups is 1. The van der Waals surface area contributed by atoms with Gasteiger partial charge in [0.15, 0.2) is 0 Å². The van der Waals surface area contributed by atoms with Gasteiger partial charge in [-0.1, -0.05) is 6.07 Å². The third-order valence-corrected chi connectivity index (χ3v) is 1.71. The van der Waals surface area contributed by atoms with E-state index in [1.54, 1.807) is 18.2 Å². The molecular weight excluding hydrogens is 156 g/mol. The van der Waals surface area contributed by atoms with E-state index in [1.807, 2.05) is 0 Å². The first kappa shape index (κ1) is 6.97. The van der Waals surface area contributed by atoms with Crippen LogP contribution in [0.5, 0.6) is 0 Å². The van der Waals surface area contributed by atoms with E-state index in [0.29, 0.717) is 18.0 Å². The lowest BCUT2D eigenvalue weighted by atomic mass is 10.1. The van der Waals surface area contributed by atoms with Crippen molar-refractivity contribution in [2.45, 2.75) is 6.61 Å². The molecule has 0 aliphatic carbocycles. The van der Waals surface area contributed by atoms with Crippen molar-refractivity contribution in [3.05, 3.63) is 23.8 Å². The summed E-state index contributed by atoms with van der Waals surface area (Å²) in [7, 11) is 0.